The molecular formula is C23H43N3O9. The summed E-state index contributed by atoms with van der Waals surface area (Å²) in [5.74, 6) is -1.32. The summed E-state index contributed by atoms with van der Waals surface area (Å²) in [4.78, 5) is 45.3. The third kappa shape index (κ3) is 26.2. The highest BCUT2D eigenvalue weighted by molar-refractivity contribution is 5.84. The molecule has 0 aliphatic carbocycles. The van der Waals surface area contributed by atoms with Gasteiger partial charge in [0.25, 0.3) is 0 Å². The number of hydrogen-bond donors (Lipinski definition) is 4. The van der Waals surface area contributed by atoms with E-state index in [-0.39, 0.29) is 49.9 Å². The van der Waals surface area contributed by atoms with Crippen LogP contribution >= 0.6 is 0 Å². The highest BCUT2D eigenvalue weighted by Crippen LogP contribution is 1.95. The molecule has 204 valence electrons. The molecular weight excluding hydrogens is 462 g/mol. The number of rotatable bonds is 24. The zero-order chi connectivity index (χ0) is 26.2. The van der Waals surface area contributed by atoms with Crippen molar-refractivity contribution < 1.29 is 43.2 Å². The van der Waals surface area contributed by atoms with Crippen molar-refractivity contribution in [2.24, 2.45) is 5.92 Å². The maximum atomic E-state index is 11.8. The lowest BCUT2D eigenvalue weighted by Gasteiger charge is -2.09. The van der Waals surface area contributed by atoms with Crippen molar-refractivity contribution in [2.75, 3.05) is 72.5 Å². The van der Waals surface area contributed by atoms with Gasteiger partial charge in [-0.1, -0.05) is 13.8 Å². The van der Waals surface area contributed by atoms with Crippen molar-refractivity contribution in [3.8, 4) is 0 Å². The number of carboxylic acids is 1. The zero-order valence-corrected chi connectivity index (χ0v) is 21.1. The van der Waals surface area contributed by atoms with Crippen LogP contribution in [0.2, 0.25) is 0 Å². The Morgan fingerprint density at radius 3 is 1.74 bits per heavy atom. The molecule has 0 spiro atoms. The Bertz CT molecular complexity index is 589. The molecule has 0 heterocycles. The minimum Gasteiger partial charge on any atom is -0.481 e. The molecule has 0 aliphatic heterocycles. The predicted molar refractivity (Wildman–Crippen MR) is 128 cm³/mol. The summed E-state index contributed by atoms with van der Waals surface area (Å²) < 4.78 is 21.6. The number of nitrogens with one attached hydrogen (secondary N) is 3. The average Bonchev–Trinajstić information content (AvgIpc) is 2.80. The number of amides is 3. The van der Waals surface area contributed by atoms with Gasteiger partial charge in [-0.05, 0) is 18.8 Å². The van der Waals surface area contributed by atoms with Gasteiger partial charge in [-0.3, -0.25) is 19.2 Å². The van der Waals surface area contributed by atoms with Gasteiger partial charge >= 0.3 is 5.97 Å². The molecule has 0 aromatic carbocycles. The summed E-state index contributed by atoms with van der Waals surface area (Å²) in [6.07, 6.45) is 0.911. The second-order valence-electron chi connectivity index (χ2n) is 8.13. The van der Waals surface area contributed by atoms with Crippen LogP contribution in [-0.2, 0) is 38.1 Å². The lowest BCUT2D eigenvalue weighted by Crippen LogP contribution is -2.37. The number of carbonyl (C=O) groups is 4. The second-order valence-corrected chi connectivity index (χ2v) is 8.13. The number of carboxylic acid groups (broad SMARTS) is 1. The fourth-order valence-electron chi connectivity index (χ4n) is 2.54. The van der Waals surface area contributed by atoms with Crippen molar-refractivity contribution >= 4 is 23.7 Å². The number of ether oxygens (including phenoxy) is 4. The van der Waals surface area contributed by atoms with Crippen molar-refractivity contribution in [3.05, 3.63) is 0 Å². The van der Waals surface area contributed by atoms with Gasteiger partial charge < -0.3 is 40.0 Å². The maximum absolute atomic E-state index is 11.8. The van der Waals surface area contributed by atoms with Crippen molar-refractivity contribution in [1.29, 1.82) is 0 Å². The predicted octanol–water partition coefficient (Wildman–Crippen LogP) is 0.0925. The molecule has 0 unspecified atom stereocenters. The minimum atomic E-state index is -0.964. The van der Waals surface area contributed by atoms with E-state index in [1.807, 2.05) is 0 Å². The summed E-state index contributed by atoms with van der Waals surface area (Å²) in [6.45, 7) is 8.82. The Balaban J connectivity index is 3.38. The molecule has 4 N–H and O–H groups in total. The molecule has 35 heavy (non-hydrogen) atoms. The van der Waals surface area contributed by atoms with E-state index in [9.17, 15) is 19.2 Å². The van der Waals surface area contributed by atoms with E-state index in [1.165, 1.54) is 0 Å². The molecule has 3 amide bonds. The van der Waals surface area contributed by atoms with E-state index in [2.05, 4.69) is 29.8 Å². The van der Waals surface area contributed by atoms with E-state index in [0.717, 1.165) is 6.61 Å². The van der Waals surface area contributed by atoms with Crippen LogP contribution in [0.5, 0.6) is 0 Å². The van der Waals surface area contributed by atoms with Gasteiger partial charge in [0.15, 0.2) is 0 Å². The minimum absolute atomic E-state index is 0.0560. The molecule has 0 saturated carbocycles. The Labute approximate surface area is 207 Å². The quantitative estimate of drug-likeness (QED) is 0.133. The SMILES string of the molecule is CC(C)COCCOCCOCCOCCNC(=O)CCCNC(=O)CNC(=O)CCCC(=O)O. The van der Waals surface area contributed by atoms with Crippen LogP contribution in [0.3, 0.4) is 0 Å². The Kier molecular flexibility index (Phi) is 21.9. The molecule has 12 nitrogen and oxygen atoms in total. The normalized spacial score (nSPS) is 10.8. The fourth-order valence-corrected chi connectivity index (χ4v) is 2.54. The van der Waals surface area contributed by atoms with E-state index >= 15 is 0 Å². The largest absolute Gasteiger partial charge is 0.481 e. The first-order valence-corrected chi connectivity index (χ1v) is 12.1. The molecule has 0 bridgehead atoms. The third-order valence-electron chi connectivity index (χ3n) is 4.28. The molecule has 0 aromatic heterocycles. The summed E-state index contributed by atoms with van der Waals surface area (Å²) in [5.41, 5.74) is 0. The summed E-state index contributed by atoms with van der Waals surface area (Å²) in [6, 6.07) is 0. The molecule has 0 rings (SSSR count). The van der Waals surface area contributed by atoms with E-state index in [0.29, 0.717) is 71.7 Å². The fraction of sp³-hybridized carbons (Fsp3) is 0.826. The summed E-state index contributed by atoms with van der Waals surface area (Å²) in [5, 5.41) is 16.3. The number of carbonyl (C=O) groups excluding carboxylic acids is 3. The Morgan fingerprint density at radius 1 is 0.629 bits per heavy atom. The van der Waals surface area contributed by atoms with E-state index in [1.54, 1.807) is 0 Å². The van der Waals surface area contributed by atoms with Gasteiger partial charge in [-0.25, -0.2) is 0 Å². The molecule has 12 heteroatoms. The van der Waals surface area contributed by atoms with Gasteiger partial charge in [0.2, 0.25) is 17.7 Å². The van der Waals surface area contributed by atoms with Crippen LogP contribution in [0.1, 0.15) is 46.0 Å². The second kappa shape index (κ2) is 23.5. The van der Waals surface area contributed by atoms with E-state index < -0.39 is 5.97 Å². The van der Waals surface area contributed by atoms with Crippen molar-refractivity contribution in [1.82, 2.24) is 16.0 Å². The first-order valence-electron chi connectivity index (χ1n) is 12.1. The van der Waals surface area contributed by atoms with Gasteiger partial charge in [-0.2, -0.15) is 0 Å². The monoisotopic (exact) mass is 505 g/mol. The van der Waals surface area contributed by atoms with Gasteiger partial charge in [0.05, 0.1) is 52.8 Å². The van der Waals surface area contributed by atoms with Crippen LogP contribution in [0.15, 0.2) is 0 Å². The number of aliphatic carboxylic acids is 1. The smallest absolute Gasteiger partial charge is 0.303 e. The zero-order valence-electron chi connectivity index (χ0n) is 21.1. The lowest BCUT2D eigenvalue weighted by molar-refractivity contribution is -0.137. The molecule has 0 radical (unpaired) electrons. The van der Waals surface area contributed by atoms with Gasteiger partial charge in [-0.15, -0.1) is 0 Å². The van der Waals surface area contributed by atoms with Crippen molar-refractivity contribution in [2.45, 2.75) is 46.0 Å². The number of hydrogen-bond acceptors (Lipinski definition) is 8. The lowest BCUT2D eigenvalue weighted by atomic mass is 10.2. The Morgan fingerprint density at radius 2 is 1.14 bits per heavy atom. The summed E-state index contributed by atoms with van der Waals surface area (Å²) in [7, 11) is 0. The van der Waals surface area contributed by atoms with E-state index in [4.69, 9.17) is 24.1 Å². The summed E-state index contributed by atoms with van der Waals surface area (Å²) >= 11 is 0. The standard InChI is InChI=1S/C23H43N3O9/c1-19(2)18-35-16-15-34-14-13-33-12-11-32-10-9-25-20(27)6-4-8-24-22(29)17-26-21(28)5-3-7-23(30)31/h19H,3-18H2,1-2H3,(H,24,29)(H,25,27)(H,26,28)(H,30,31). The van der Waals surface area contributed by atoms with Crippen LogP contribution in [0.25, 0.3) is 0 Å². The third-order valence-corrected chi connectivity index (χ3v) is 4.28. The molecule has 0 saturated heterocycles. The van der Waals surface area contributed by atoms with Crippen LogP contribution in [0, 0.1) is 5.92 Å². The molecule has 0 fully saturated rings. The van der Waals surface area contributed by atoms with Gasteiger partial charge in [0.1, 0.15) is 0 Å². The first kappa shape index (κ1) is 32.7. The van der Waals surface area contributed by atoms with Crippen molar-refractivity contribution in [3.63, 3.8) is 0 Å². The van der Waals surface area contributed by atoms with Crippen LogP contribution in [0.4, 0.5) is 0 Å². The Hall–Kier alpha value is -2.28. The molecule has 0 aliphatic rings. The average molecular weight is 506 g/mol. The van der Waals surface area contributed by atoms with Crippen LogP contribution in [-0.4, -0.2) is 101 Å². The topological polar surface area (TPSA) is 162 Å². The molecule has 0 aromatic rings. The maximum Gasteiger partial charge on any atom is 0.303 e. The van der Waals surface area contributed by atoms with Gasteiger partial charge in [0, 0.05) is 39.0 Å². The highest BCUT2D eigenvalue weighted by Gasteiger charge is 2.07. The van der Waals surface area contributed by atoms with Crippen LogP contribution < -0.4 is 16.0 Å². The first-order chi connectivity index (χ1) is 16.8. The highest BCUT2D eigenvalue weighted by atomic mass is 16.6. The molecule has 0 atom stereocenters.